The van der Waals surface area contributed by atoms with Crippen molar-refractivity contribution in [3.05, 3.63) is 0 Å². The van der Waals surface area contributed by atoms with Gasteiger partial charge in [0.1, 0.15) is 0 Å². The fourth-order valence-electron chi connectivity index (χ4n) is 1.65. The zero-order valence-electron chi connectivity index (χ0n) is 9.32. The highest BCUT2D eigenvalue weighted by Gasteiger charge is 2.29. The average molecular weight is 255 g/mol. The van der Waals surface area contributed by atoms with Gasteiger partial charge in [0.2, 0.25) is 0 Å². The van der Waals surface area contributed by atoms with E-state index in [9.17, 15) is 8.42 Å². The molecule has 0 saturated carbocycles. The zero-order valence-corrected chi connectivity index (χ0v) is 10.9. The van der Waals surface area contributed by atoms with E-state index in [0.717, 1.165) is 12.8 Å². The quantitative estimate of drug-likeness (QED) is 0.706. The molecule has 1 aliphatic heterocycles. The number of hydrogen-bond acceptors (Lipinski definition) is 2. The van der Waals surface area contributed by atoms with Crippen molar-refractivity contribution in [3.8, 4) is 0 Å². The Bertz CT molecular complexity index is 286. The van der Waals surface area contributed by atoms with Gasteiger partial charge in [-0.15, -0.1) is 11.6 Å². The topological polar surface area (TPSA) is 40.6 Å². The second-order valence-electron chi connectivity index (χ2n) is 4.10. The summed E-state index contributed by atoms with van der Waals surface area (Å²) in [6.07, 6.45) is 1.90. The zero-order chi connectivity index (χ0) is 11.5. The van der Waals surface area contributed by atoms with Crippen molar-refractivity contribution in [3.63, 3.8) is 0 Å². The van der Waals surface area contributed by atoms with Crippen LogP contribution in [0.5, 0.6) is 0 Å². The standard InChI is InChI=1S/C9H19ClN2O2S/c1-9-3-6-12(7-4-9)15(13,14)11(2)8-5-10/h9H,3-8H2,1-2H3. The van der Waals surface area contributed by atoms with Gasteiger partial charge in [-0.05, 0) is 18.8 Å². The Morgan fingerprint density at radius 3 is 2.40 bits per heavy atom. The van der Waals surface area contributed by atoms with Gasteiger partial charge in [0.15, 0.2) is 0 Å². The van der Waals surface area contributed by atoms with Crippen molar-refractivity contribution >= 4 is 21.8 Å². The van der Waals surface area contributed by atoms with Crippen LogP contribution < -0.4 is 0 Å². The fraction of sp³-hybridized carbons (Fsp3) is 1.00. The Kier molecular flexibility index (Phi) is 4.83. The molecule has 0 aliphatic carbocycles. The Hall–Kier alpha value is 0.160. The molecule has 0 amide bonds. The summed E-state index contributed by atoms with van der Waals surface area (Å²) in [6, 6.07) is 0. The molecule has 6 heteroatoms. The highest BCUT2D eigenvalue weighted by molar-refractivity contribution is 7.86. The van der Waals surface area contributed by atoms with Crippen LogP contribution in [-0.4, -0.2) is 49.6 Å². The summed E-state index contributed by atoms with van der Waals surface area (Å²) in [5.41, 5.74) is 0. The average Bonchev–Trinajstić information content (AvgIpc) is 2.18. The third kappa shape index (κ3) is 3.31. The molecular weight excluding hydrogens is 236 g/mol. The van der Waals surface area contributed by atoms with Gasteiger partial charge < -0.3 is 0 Å². The van der Waals surface area contributed by atoms with Crippen LogP contribution in [0.4, 0.5) is 0 Å². The Labute approximate surface area is 97.4 Å². The van der Waals surface area contributed by atoms with Gasteiger partial charge in [0.25, 0.3) is 10.2 Å². The van der Waals surface area contributed by atoms with Crippen LogP contribution in [0.25, 0.3) is 0 Å². The van der Waals surface area contributed by atoms with E-state index in [1.807, 2.05) is 0 Å². The Balaban J connectivity index is 2.61. The van der Waals surface area contributed by atoms with Crippen molar-refractivity contribution in [2.75, 3.05) is 32.6 Å². The van der Waals surface area contributed by atoms with E-state index < -0.39 is 10.2 Å². The lowest BCUT2D eigenvalue weighted by Gasteiger charge is -2.32. The van der Waals surface area contributed by atoms with Crippen molar-refractivity contribution in [1.29, 1.82) is 0 Å². The maximum Gasteiger partial charge on any atom is 0.281 e. The predicted molar refractivity (Wildman–Crippen MR) is 62.2 cm³/mol. The molecule has 1 heterocycles. The second kappa shape index (κ2) is 5.48. The van der Waals surface area contributed by atoms with Crippen molar-refractivity contribution in [1.82, 2.24) is 8.61 Å². The summed E-state index contributed by atoms with van der Waals surface area (Å²) >= 11 is 5.54. The summed E-state index contributed by atoms with van der Waals surface area (Å²) in [6.45, 7) is 3.80. The number of nitrogens with zero attached hydrogens (tertiary/aromatic N) is 2. The lowest BCUT2D eigenvalue weighted by atomic mass is 10.0. The van der Waals surface area contributed by atoms with Crippen LogP contribution in [-0.2, 0) is 10.2 Å². The van der Waals surface area contributed by atoms with Gasteiger partial charge >= 0.3 is 0 Å². The van der Waals surface area contributed by atoms with E-state index in [2.05, 4.69) is 6.92 Å². The highest BCUT2D eigenvalue weighted by Crippen LogP contribution is 2.19. The predicted octanol–water partition coefficient (Wildman–Crippen LogP) is 1.13. The smallest absolute Gasteiger partial charge is 0.195 e. The summed E-state index contributed by atoms with van der Waals surface area (Å²) in [7, 11) is -1.69. The molecule has 0 unspecified atom stereocenters. The van der Waals surface area contributed by atoms with Gasteiger partial charge in [-0.1, -0.05) is 6.92 Å². The van der Waals surface area contributed by atoms with E-state index >= 15 is 0 Å². The van der Waals surface area contributed by atoms with Crippen LogP contribution in [0.3, 0.4) is 0 Å². The van der Waals surface area contributed by atoms with E-state index in [-0.39, 0.29) is 0 Å². The minimum Gasteiger partial charge on any atom is -0.195 e. The molecule has 0 atom stereocenters. The van der Waals surface area contributed by atoms with E-state index in [1.54, 1.807) is 11.4 Å². The van der Waals surface area contributed by atoms with Crippen LogP contribution in [0.1, 0.15) is 19.8 Å². The van der Waals surface area contributed by atoms with Gasteiger partial charge in [-0.2, -0.15) is 17.0 Å². The number of piperidine rings is 1. The molecule has 1 rings (SSSR count). The lowest BCUT2D eigenvalue weighted by molar-refractivity contribution is 0.272. The SMILES string of the molecule is CC1CCN(S(=O)(=O)N(C)CCCl)CC1. The van der Waals surface area contributed by atoms with Gasteiger partial charge in [-0.25, -0.2) is 0 Å². The summed E-state index contributed by atoms with van der Waals surface area (Å²) < 4.78 is 26.8. The van der Waals surface area contributed by atoms with Crippen molar-refractivity contribution in [2.24, 2.45) is 5.92 Å². The largest absolute Gasteiger partial charge is 0.281 e. The number of halogens is 1. The lowest BCUT2D eigenvalue weighted by Crippen LogP contribution is -2.45. The summed E-state index contributed by atoms with van der Waals surface area (Å²) in [4.78, 5) is 0. The first-order chi connectivity index (χ1) is 6.98. The molecule has 0 radical (unpaired) electrons. The van der Waals surface area contributed by atoms with E-state index in [4.69, 9.17) is 11.6 Å². The number of alkyl halides is 1. The highest BCUT2D eigenvalue weighted by atomic mass is 35.5. The van der Waals surface area contributed by atoms with Crippen molar-refractivity contribution < 1.29 is 8.42 Å². The molecule has 0 bridgehead atoms. The third-order valence-electron chi connectivity index (χ3n) is 2.86. The Morgan fingerprint density at radius 1 is 1.40 bits per heavy atom. The first-order valence-corrected chi connectivity index (χ1v) is 7.19. The number of hydrogen-bond donors (Lipinski definition) is 0. The molecule has 1 aliphatic rings. The molecule has 1 fully saturated rings. The van der Waals surface area contributed by atoms with Gasteiger partial charge in [0.05, 0.1) is 0 Å². The molecule has 0 N–H and O–H groups in total. The third-order valence-corrected chi connectivity index (χ3v) is 5.02. The molecule has 4 nitrogen and oxygen atoms in total. The Morgan fingerprint density at radius 2 is 1.93 bits per heavy atom. The molecule has 0 spiro atoms. The van der Waals surface area contributed by atoms with E-state index in [0.29, 0.717) is 31.4 Å². The molecule has 0 aromatic carbocycles. The molecule has 0 aromatic heterocycles. The van der Waals surface area contributed by atoms with Gasteiger partial charge in [0, 0.05) is 32.6 Å². The van der Waals surface area contributed by atoms with Crippen molar-refractivity contribution in [2.45, 2.75) is 19.8 Å². The minimum absolute atomic E-state index is 0.333. The molecule has 0 aromatic rings. The van der Waals surface area contributed by atoms with Crippen LogP contribution in [0.2, 0.25) is 0 Å². The molecule has 90 valence electrons. The first-order valence-electron chi connectivity index (χ1n) is 5.26. The molecule has 15 heavy (non-hydrogen) atoms. The molecular formula is C9H19ClN2O2S. The van der Waals surface area contributed by atoms with Crippen LogP contribution in [0.15, 0.2) is 0 Å². The van der Waals surface area contributed by atoms with Crippen LogP contribution >= 0.6 is 11.6 Å². The maximum atomic E-state index is 12.0. The monoisotopic (exact) mass is 254 g/mol. The second-order valence-corrected chi connectivity index (χ2v) is 6.51. The minimum atomic E-state index is -3.27. The van der Waals surface area contributed by atoms with Crippen LogP contribution in [0, 0.1) is 5.92 Å². The fourth-order valence-corrected chi connectivity index (χ4v) is 3.39. The molecule has 1 saturated heterocycles. The van der Waals surface area contributed by atoms with E-state index in [1.165, 1.54) is 4.31 Å². The number of rotatable bonds is 4. The summed E-state index contributed by atoms with van der Waals surface area (Å²) in [5.74, 6) is 0.967. The van der Waals surface area contributed by atoms with Gasteiger partial charge in [-0.3, -0.25) is 0 Å². The summed E-state index contributed by atoms with van der Waals surface area (Å²) in [5, 5.41) is 0. The maximum absolute atomic E-state index is 12.0. The first kappa shape index (κ1) is 13.2. The normalized spacial score (nSPS) is 21.1.